The number of aromatic amines is 1. The molecule has 0 unspecified atom stereocenters. The number of benzene rings is 1. The first-order valence-electron chi connectivity index (χ1n) is 11.1. The summed E-state index contributed by atoms with van der Waals surface area (Å²) in [6.07, 6.45) is 3.30. The van der Waals surface area contributed by atoms with Crippen molar-refractivity contribution < 1.29 is 14.6 Å². The van der Waals surface area contributed by atoms with E-state index < -0.39 is 0 Å². The van der Waals surface area contributed by atoms with Gasteiger partial charge in [0.25, 0.3) is 11.5 Å². The average Bonchev–Trinajstić information content (AvgIpc) is 3.18. The molecule has 1 aromatic carbocycles. The van der Waals surface area contributed by atoms with Gasteiger partial charge in [0.15, 0.2) is 0 Å². The molecule has 1 spiro atoms. The number of aliphatic hydroxyl groups excluding tert-OH is 1. The highest BCUT2D eigenvalue weighted by atomic mass is 16.5. The van der Waals surface area contributed by atoms with Crippen molar-refractivity contribution in [1.82, 2.24) is 14.9 Å². The molecule has 1 aromatic heterocycles. The van der Waals surface area contributed by atoms with E-state index in [9.17, 15) is 14.7 Å². The Bertz CT molecular complexity index is 1020. The van der Waals surface area contributed by atoms with Crippen LogP contribution in [0.2, 0.25) is 0 Å². The Balaban J connectivity index is 1.34. The van der Waals surface area contributed by atoms with Crippen molar-refractivity contribution in [3.63, 3.8) is 0 Å². The monoisotopic (exact) mass is 424 g/mol. The van der Waals surface area contributed by atoms with Gasteiger partial charge in [0, 0.05) is 42.7 Å². The molecule has 2 saturated heterocycles. The molecule has 2 fully saturated rings. The summed E-state index contributed by atoms with van der Waals surface area (Å²) in [6.45, 7) is 4.02. The number of anilines is 1. The van der Waals surface area contributed by atoms with Crippen molar-refractivity contribution in [1.29, 1.82) is 0 Å². The minimum Gasteiger partial charge on any atom is -0.392 e. The molecule has 1 amide bonds. The van der Waals surface area contributed by atoms with Crippen LogP contribution in [0.1, 0.15) is 46.4 Å². The molecule has 2 N–H and O–H groups in total. The number of morpholine rings is 1. The number of amides is 1. The Morgan fingerprint density at radius 2 is 1.81 bits per heavy atom. The van der Waals surface area contributed by atoms with E-state index in [2.05, 4.69) is 9.88 Å². The second-order valence-electron chi connectivity index (χ2n) is 8.74. The summed E-state index contributed by atoms with van der Waals surface area (Å²) in [5.41, 5.74) is 3.05. The van der Waals surface area contributed by atoms with Crippen LogP contribution in [0.4, 0.5) is 5.95 Å². The van der Waals surface area contributed by atoms with Gasteiger partial charge in [-0.3, -0.25) is 14.6 Å². The van der Waals surface area contributed by atoms with Gasteiger partial charge in [-0.25, -0.2) is 4.98 Å². The average molecular weight is 425 g/mol. The third-order valence-electron chi connectivity index (χ3n) is 7.06. The molecule has 0 bridgehead atoms. The van der Waals surface area contributed by atoms with Gasteiger partial charge in [0.2, 0.25) is 5.95 Å². The maximum absolute atomic E-state index is 12.9. The first kappa shape index (κ1) is 20.2. The lowest BCUT2D eigenvalue weighted by molar-refractivity contribution is 0.0663. The highest BCUT2D eigenvalue weighted by Crippen LogP contribution is 2.44. The van der Waals surface area contributed by atoms with Crippen LogP contribution in [0.3, 0.4) is 0 Å². The van der Waals surface area contributed by atoms with Crippen LogP contribution in [0.15, 0.2) is 29.1 Å². The molecule has 31 heavy (non-hydrogen) atoms. The molecule has 2 aromatic rings. The number of ether oxygens (including phenoxy) is 1. The van der Waals surface area contributed by atoms with Crippen molar-refractivity contribution in [3.8, 4) is 0 Å². The molecule has 164 valence electrons. The molecule has 0 radical (unpaired) electrons. The van der Waals surface area contributed by atoms with Crippen molar-refractivity contribution >= 4 is 11.9 Å². The predicted octanol–water partition coefficient (Wildman–Crippen LogP) is 1.22. The minimum atomic E-state index is -0.123. The lowest BCUT2D eigenvalue weighted by atomic mass is 9.76. The molecule has 0 atom stereocenters. The quantitative estimate of drug-likeness (QED) is 0.769. The number of hydrogen-bond donors (Lipinski definition) is 2. The van der Waals surface area contributed by atoms with Crippen LogP contribution < -0.4 is 10.5 Å². The van der Waals surface area contributed by atoms with Gasteiger partial charge < -0.3 is 19.6 Å². The van der Waals surface area contributed by atoms with E-state index in [1.807, 2.05) is 4.90 Å². The number of aromatic nitrogens is 2. The van der Waals surface area contributed by atoms with Gasteiger partial charge in [0.1, 0.15) is 0 Å². The summed E-state index contributed by atoms with van der Waals surface area (Å²) in [4.78, 5) is 37.6. The minimum absolute atomic E-state index is 0.0189. The summed E-state index contributed by atoms with van der Waals surface area (Å²) in [7, 11) is 0. The Labute approximate surface area is 180 Å². The third-order valence-corrected chi connectivity index (χ3v) is 7.06. The molecule has 8 heteroatoms. The largest absolute Gasteiger partial charge is 0.392 e. The zero-order valence-corrected chi connectivity index (χ0v) is 17.6. The van der Waals surface area contributed by atoms with E-state index >= 15 is 0 Å². The maximum atomic E-state index is 12.9. The fourth-order valence-electron chi connectivity index (χ4n) is 5.12. The van der Waals surface area contributed by atoms with Gasteiger partial charge in [-0.15, -0.1) is 0 Å². The summed E-state index contributed by atoms with van der Waals surface area (Å²) >= 11 is 0. The summed E-state index contributed by atoms with van der Waals surface area (Å²) in [5.74, 6) is 0.668. The smallest absolute Gasteiger partial charge is 0.255 e. The number of rotatable bonds is 3. The summed E-state index contributed by atoms with van der Waals surface area (Å²) in [6, 6.07) is 7.13. The number of carbonyl (C=O) groups is 1. The van der Waals surface area contributed by atoms with E-state index in [0.717, 1.165) is 55.6 Å². The van der Waals surface area contributed by atoms with Crippen molar-refractivity contribution in [2.24, 2.45) is 0 Å². The maximum Gasteiger partial charge on any atom is 0.255 e. The zero-order valence-electron chi connectivity index (χ0n) is 17.6. The molecule has 2 aliphatic heterocycles. The summed E-state index contributed by atoms with van der Waals surface area (Å²) < 4.78 is 5.43. The fourth-order valence-corrected chi connectivity index (χ4v) is 5.12. The highest BCUT2D eigenvalue weighted by molar-refractivity contribution is 5.94. The second-order valence-corrected chi connectivity index (χ2v) is 8.74. The van der Waals surface area contributed by atoms with Gasteiger partial charge >= 0.3 is 0 Å². The van der Waals surface area contributed by atoms with Gasteiger partial charge in [-0.2, -0.15) is 0 Å². The second kappa shape index (κ2) is 8.09. The first-order valence-corrected chi connectivity index (χ1v) is 11.1. The van der Waals surface area contributed by atoms with Gasteiger partial charge in [0.05, 0.1) is 25.5 Å². The number of likely N-dealkylation sites (tertiary alicyclic amines) is 1. The number of nitrogens with zero attached hydrogens (tertiary/aromatic N) is 3. The highest BCUT2D eigenvalue weighted by Gasteiger charge is 2.45. The van der Waals surface area contributed by atoms with Crippen LogP contribution in [-0.2, 0) is 23.2 Å². The van der Waals surface area contributed by atoms with Crippen molar-refractivity contribution in [3.05, 3.63) is 57.0 Å². The number of hydrogen-bond acceptors (Lipinski definition) is 6. The molecular weight excluding hydrogens is 396 g/mol. The SMILES string of the molecule is O=C(c1ccc(CO)cc1)N1CCC2(CCc3c2nc(N2CCOCC2)[nH]c3=O)CC1. The Morgan fingerprint density at radius 3 is 2.48 bits per heavy atom. The molecule has 1 aliphatic carbocycles. The van der Waals surface area contributed by atoms with Crippen LogP contribution in [-0.4, -0.2) is 65.3 Å². The van der Waals surface area contributed by atoms with Gasteiger partial charge in [-0.05, 0) is 43.4 Å². The first-order chi connectivity index (χ1) is 15.1. The number of H-pyrrole nitrogens is 1. The van der Waals surface area contributed by atoms with E-state index in [-0.39, 0.29) is 23.5 Å². The normalized spacial score (nSPS) is 20.2. The predicted molar refractivity (Wildman–Crippen MR) is 115 cm³/mol. The lowest BCUT2D eigenvalue weighted by Gasteiger charge is -2.39. The zero-order chi connectivity index (χ0) is 21.4. The van der Waals surface area contributed by atoms with Crippen molar-refractivity contribution in [2.75, 3.05) is 44.3 Å². The van der Waals surface area contributed by atoms with Crippen LogP contribution in [0.5, 0.6) is 0 Å². The molecule has 3 heterocycles. The Hall–Kier alpha value is -2.71. The topological polar surface area (TPSA) is 98.8 Å². The van der Waals surface area contributed by atoms with E-state index in [1.54, 1.807) is 24.3 Å². The summed E-state index contributed by atoms with van der Waals surface area (Å²) in [5, 5.41) is 9.20. The van der Waals surface area contributed by atoms with Gasteiger partial charge in [-0.1, -0.05) is 12.1 Å². The number of fused-ring (bicyclic) bond motifs is 2. The molecular formula is C23H28N4O4. The Morgan fingerprint density at radius 1 is 1.10 bits per heavy atom. The van der Waals surface area contributed by atoms with E-state index in [1.165, 1.54) is 0 Å². The molecule has 8 nitrogen and oxygen atoms in total. The standard InChI is InChI=1S/C23H28N4O4/c28-15-16-1-3-17(4-2-16)21(30)26-9-7-23(8-10-26)6-5-18-19(23)24-22(25-20(18)29)27-11-13-31-14-12-27/h1-4,28H,5-15H2,(H,24,25,29). The third kappa shape index (κ3) is 3.64. The molecule has 3 aliphatic rings. The fraction of sp³-hybridized carbons (Fsp3) is 0.522. The number of piperidine rings is 1. The van der Waals surface area contributed by atoms with Crippen LogP contribution >= 0.6 is 0 Å². The van der Waals surface area contributed by atoms with E-state index in [4.69, 9.17) is 9.72 Å². The van der Waals surface area contributed by atoms with Crippen molar-refractivity contribution in [2.45, 2.75) is 37.7 Å². The van der Waals surface area contributed by atoms with E-state index in [0.29, 0.717) is 37.8 Å². The van der Waals surface area contributed by atoms with Crippen LogP contribution in [0, 0.1) is 0 Å². The van der Waals surface area contributed by atoms with Crippen LogP contribution in [0.25, 0.3) is 0 Å². The molecule has 5 rings (SSSR count). The molecule has 0 saturated carbocycles. The number of carbonyl (C=O) groups excluding carboxylic acids is 1. The number of aliphatic hydroxyl groups is 1. The number of nitrogens with one attached hydrogen (secondary N) is 1. The Kier molecular flexibility index (Phi) is 5.27. The lowest BCUT2D eigenvalue weighted by Crippen LogP contribution is -2.45.